The number of anilines is 1. The molecule has 3 unspecified atom stereocenters. The molecule has 212 valence electrons. The Morgan fingerprint density at radius 3 is 2.29 bits per heavy atom. The Morgan fingerprint density at radius 2 is 1.57 bits per heavy atom. The second kappa shape index (κ2) is 11.5. The van der Waals surface area contributed by atoms with Crippen LogP contribution in [0.1, 0.15) is 73.8 Å². The van der Waals surface area contributed by atoms with Gasteiger partial charge in [-0.15, -0.1) is 0 Å². The molecule has 0 saturated carbocycles. The van der Waals surface area contributed by atoms with E-state index in [1.807, 2.05) is 54.6 Å². The number of ether oxygens (including phenoxy) is 1. The number of hydrogen-bond donors (Lipinski definition) is 2. The lowest BCUT2D eigenvalue weighted by molar-refractivity contribution is 0.0690. The molecule has 7 nitrogen and oxygen atoms in total. The number of hydrogen-bond acceptors (Lipinski definition) is 5. The molecule has 0 bridgehead atoms. The van der Waals surface area contributed by atoms with Crippen molar-refractivity contribution in [2.45, 2.75) is 37.5 Å². The van der Waals surface area contributed by atoms with E-state index in [2.05, 4.69) is 5.32 Å². The van der Waals surface area contributed by atoms with Crippen molar-refractivity contribution in [1.82, 2.24) is 4.90 Å². The van der Waals surface area contributed by atoms with Gasteiger partial charge in [0.25, 0.3) is 0 Å². The molecule has 2 aliphatic rings. The Hall–Kier alpha value is -4.98. The zero-order valence-electron chi connectivity index (χ0n) is 22.7. The third-order valence-corrected chi connectivity index (χ3v) is 8.07. The van der Waals surface area contributed by atoms with Crippen LogP contribution in [0.4, 0.5) is 14.9 Å². The molecule has 1 fully saturated rings. The molecular formula is C34H29FN2O5. The largest absolute Gasteiger partial charge is 0.478 e. The first kappa shape index (κ1) is 27.2. The average molecular weight is 565 g/mol. The number of carbonyl (C=O) groups is 3. The Bertz CT molecular complexity index is 1620. The van der Waals surface area contributed by atoms with Gasteiger partial charge >= 0.3 is 12.1 Å². The number of Topliss-reactive ketones (excluding diaryl/α,β-unsaturated/α-hetero) is 1. The van der Waals surface area contributed by atoms with Gasteiger partial charge in [-0.1, -0.05) is 72.8 Å². The first-order chi connectivity index (χ1) is 20.4. The van der Waals surface area contributed by atoms with Crippen LogP contribution in [0, 0.1) is 5.82 Å². The molecule has 4 aromatic carbocycles. The van der Waals surface area contributed by atoms with Gasteiger partial charge < -0.3 is 20.1 Å². The normalized spacial score (nSPS) is 19.6. The molecule has 1 amide bonds. The average Bonchev–Trinajstić information content (AvgIpc) is 3.51. The maximum absolute atomic E-state index is 13.9. The number of carboxylic acid groups (broad SMARTS) is 1. The number of halogens is 1. The van der Waals surface area contributed by atoms with E-state index in [1.165, 1.54) is 18.2 Å². The van der Waals surface area contributed by atoms with Crippen molar-refractivity contribution in [3.8, 4) is 0 Å². The SMILES string of the molecule is O=C(O)c1cccc2c1C(=O)C(c1ccc(F)cc1)C(c1ccc(C3CCCN3C(=O)OCc3ccccc3)cc1)N2. The van der Waals surface area contributed by atoms with Gasteiger partial charge in [-0.25, -0.2) is 14.0 Å². The van der Waals surface area contributed by atoms with Crippen molar-refractivity contribution >= 4 is 23.5 Å². The van der Waals surface area contributed by atoms with Gasteiger partial charge in [0, 0.05) is 12.2 Å². The van der Waals surface area contributed by atoms with E-state index < -0.39 is 23.7 Å². The third kappa shape index (κ3) is 5.23. The maximum atomic E-state index is 13.9. The molecule has 0 aromatic heterocycles. The minimum absolute atomic E-state index is 0.0774. The van der Waals surface area contributed by atoms with E-state index >= 15 is 0 Å². The van der Waals surface area contributed by atoms with Crippen LogP contribution < -0.4 is 5.32 Å². The van der Waals surface area contributed by atoms with Crippen molar-refractivity contribution in [1.29, 1.82) is 0 Å². The third-order valence-electron chi connectivity index (χ3n) is 8.07. The summed E-state index contributed by atoms with van der Waals surface area (Å²) in [6.07, 6.45) is 1.32. The second-order valence-corrected chi connectivity index (χ2v) is 10.6. The monoisotopic (exact) mass is 564 g/mol. The lowest BCUT2D eigenvalue weighted by Crippen LogP contribution is -2.33. The summed E-state index contributed by atoms with van der Waals surface area (Å²) in [6, 6.07) is 27.1. The van der Waals surface area contributed by atoms with Crippen molar-refractivity contribution in [3.05, 3.63) is 136 Å². The summed E-state index contributed by atoms with van der Waals surface area (Å²) < 4.78 is 19.4. The number of ketones is 1. The molecule has 2 N–H and O–H groups in total. The second-order valence-electron chi connectivity index (χ2n) is 10.6. The summed E-state index contributed by atoms with van der Waals surface area (Å²) in [5.74, 6) is -2.73. The zero-order valence-corrected chi connectivity index (χ0v) is 22.7. The predicted octanol–water partition coefficient (Wildman–Crippen LogP) is 7.13. The highest BCUT2D eigenvalue weighted by molar-refractivity contribution is 6.14. The number of nitrogens with zero attached hydrogens (tertiary/aromatic N) is 1. The molecule has 8 heteroatoms. The lowest BCUT2D eigenvalue weighted by Gasteiger charge is -2.35. The van der Waals surface area contributed by atoms with Crippen LogP contribution in [0.5, 0.6) is 0 Å². The number of fused-ring (bicyclic) bond motifs is 1. The van der Waals surface area contributed by atoms with Crippen molar-refractivity contribution in [3.63, 3.8) is 0 Å². The molecule has 3 atom stereocenters. The summed E-state index contributed by atoms with van der Waals surface area (Å²) in [4.78, 5) is 40.6. The van der Waals surface area contributed by atoms with Crippen molar-refractivity contribution in [2.24, 2.45) is 0 Å². The van der Waals surface area contributed by atoms with Gasteiger partial charge in [-0.05, 0) is 59.4 Å². The van der Waals surface area contributed by atoms with Crippen LogP contribution in [0.2, 0.25) is 0 Å². The highest BCUT2D eigenvalue weighted by Gasteiger charge is 2.40. The van der Waals surface area contributed by atoms with E-state index in [4.69, 9.17) is 4.74 Å². The first-order valence-corrected chi connectivity index (χ1v) is 13.9. The molecule has 1 saturated heterocycles. The van der Waals surface area contributed by atoms with Gasteiger partial charge in [-0.2, -0.15) is 0 Å². The van der Waals surface area contributed by atoms with Crippen LogP contribution in [0.3, 0.4) is 0 Å². The number of amides is 1. The number of carbonyl (C=O) groups excluding carboxylic acids is 2. The van der Waals surface area contributed by atoms with Crippen molar-refractivity contribution < 1.29 is 28.6 Å². The fraction of sp³-hybridized carbons (Fsp3) is 0.206. The molecule has 2 heterocycles. The fourth-order valence-electron chi connectivity index (χ4n) is 6.02. The fourth-order valence-corrected chi connectivity index (χ4v) is 6.02. The van der Waals surface area contributed by atoms with Crippen LogP contribution in [-0.4, -0.2) is 34.4 Å². The first-order valence-electron chi connectivity index (χ1n) is 13.9. The van der Waals surface area contributed by atoms with Crippen molar-refractivity contribution in [2.75, 3.05) is 11.9 Å². The number of carboxylic acids is 1. The molecule has 2 aliphatic heterocycles. The molecule has 42 heavy (non-hydrogen) atoms. The molecule has 4 aromatic rings. The van der Waals surface area contributed by atoms with Crippen LogP contribution in [0.15, 0.2) is 97.1 Å². The highest BCUT2D eigenvalue weighted by Crippen LogP contribution is 2.44. The molecule has 0 radical (unpaired) electrons. The van der Waals surface area contributed by atoms with Crippen LogP contribution >= 0.6 is 0 Å². The summed E-state index contributed by atoms with van der Waals surface area (Å²) >= 11 is 0. The summed E-state index contributed by atoms with van der Waals surface area (Å²) in [7, 11) is 0. The topological polar surface area (TPSA) is 95.9 Å². The van der Waals surface area contributed by atoms with Gasteiger partial charge in [0.05, 0.1) is 29.1 Å². The number of nitrogens with one attached hydrogen (secondary N) is 1. The minimum atomic E-state index is -1.19. The molecule has 0 aliphatic carbocycles. The van der Waals surface area contributed by atoms with E-state index in [1.54, 1.807) is 29.2 Å². The number of likely N-dealkylation sites (tertiary alicyclic amines) is 1. The number of aromatic carboxylic acids is 1. The molecule has 6 rings (SSSR count). The van der Waals surface area contributed by atoms with E-state index in [0.717, 1.165) is 29.5 Å². The Balaban J connectivity index is 1.28. The summed E-state index contributed by atoms with van der Waals surface area (Å²) in [6.45, 7) is 0.813. The Morgan fingerprint density at radius 1 is 0.881 bits per heavy atom. The number of rotatable bonds is 6. The molecular weight excluding hydrogens is 535 g/mol. The Labute approximate surface area is 242 Å². The van der Waals surface area contributed by atoms with Gasteiger partial charge in [0.15, 0.2) is 5.78 Å². The molecule has 0 spiro atoms. The Kier molecular flexibility index (Phi) is 7.44. The highest BCUT2D eigenvalue weighted by atomic mass is 19.1. The van der Waals surface area contributed by atoms with Gasteiger partial charge in [-0.3, -0.25) is 4.79 Å². The standard InChI is InChI=1S/C34H29FN2O5/c35-25-17-15-23(16-18-25)29-31(36-27-9-4-8-26(33(39)40)30(27)32(29)38)24-13-11-22(12-14-24)28-10-5-19-37(28)34(41)42-20-21-6-2-1-3-7-21/h1-4,6-9,11-18,28-29,31,36H,5,10,19-20H2,(H,39,40). The van der Waals surface area contributed by atoms with E-state index in [0.29, 0.717) is 17.8 Å². The maximum Gasteiger partial charge on any atom is 0.410 e. The smallest absolute Gasteiger partial charge is 0.410 e. The van der Waals surface area contributed by atoms with E-state index in [9.17, 15) is 23.9 Å². The van der Waals surface area contributed by atoms with Crippen LogP contribution in [0.25, 0.3) is 0 Å². The minimum Gasteiger partial charge on any atom is -0.478 e. The zero-order chi connectivity index (χ0) is 29.2. The summed E-state index contributed by atoms with van der Waals surface area (Å²) in [5.41, 5.74) is 3.75. The van der Waals surface area contributed by atoms with Gasteiger partial charge in [0.1, 0.15) is 12.4 Å². The van der Waals surface area contributed by atoms with Crippen LogP contribution in [-0.2, 0) is 11.3 Å². The number of benzene rings is 4. The van der Waals surface area contributed by atoms with Gasteiger partial charge in [0.2, 0.25) is 0 Å². The lowest BCUT2D eigenvalue weighted by atomic mass is 9.77. The van der Waals surface area contributed by atoms with E-state index in [-0.39, 0.29) is 35.7 Å². The summed E-state index contributed by atoms with van der Waals surface area (Å²) in [5, 5.41) is 13.1. The predicted molar refractivity (Wildman–Crippen MR) is 155 cm³/mol. The quantitative estimate of drug-likeness (QED) is 0.259.